The van der Waals surface area contributed by atoms with Crippen molar-refractivity contribution in [3.8, 4) is 0 Å². The Hall–Kier alpha value is -1.93. The summed E-state index contributed by atoms with van der Waals surface area (Å²) in [4.78, 5) is 12.4. The molecule has 1 aliphatic rings. The third-order valence-electron chi connectivity index (χ3n) is 4.32. The Labute approximate surface area is 164 Å². The lowest BCUT2D eigenvalue weighted by Gasteiger charge is -2.26. The van der Waals surface area contributed by atoms with E-state index in [0.717, 1.165) is 5.56 Å². The molecule has 0 atom stereocenters. The van der Waals surface area contributed by atoms with E-state index in [1.807, 2.05) is 0 Å². The van der Waals surface area contributed by atoms with Crippen molar-refractivity contribution in [1.29, 1.82) is 0 Å². The van der Waals surface area contributed by atoms with Crippen LogP contribution in [0.5, 0.6) is 0 Å². The van der Waals surface area contributed by atoms with Gasteiger partial charge in [0.05, 0.1) is 18.1 Å². The highest BCUT2D eigenvalue weighted by molar-refractivity contribution is 7.89. The number of carbonyl (C=O) groups is 1. The van der Waals surface area contributed by atoms with E-state index in [4.69, 9.17) is 16.3 Å². The number of hydrogen-bond donors (Lipinski definition) is 1. The second-order valence-corrected chi connectivity index (χ2v) is 8.55. The van der Waals surface area contributed by atoms with Crippen molar-refractivity contribution in [2.45, 2.75) is 11.3 Å². The molecule has 0 aliphatic carbocycles. The van der Waals surface area contributed by atoms with Crippen LogP contribution in [0.3, 0.4) is 0 Å². The molecule has 0 aromatic heterocycles. The quantitative estimate of drug-likeness (QED) is 0.796. The molecule has 0 radical (unpaired) electrons. The number of benzene rings is 2. The molecule has 2 aromatic carbocycles. The zero-order valence-electron chi connectivity index (χ0n) is 14.7. The molecule has 0 saturated carbocycles. The monoisotopic (exact) mass is 408 g/mol. The van der Waals surface area contributed by atoms with Gasteiger partial charge >= 0.3 is 0 Å². The van der Waals surface area contributed by atoms with Crippen LogP contribution in [-0.2, 0) is 21.2 Å². The molecule has 1 saturated heterocycles. The Morgan fingerprint density at radius 2 is 1.81 bits per heavy atom. The number of carbonyl (C=O) groups excluding carboxylic acids is 1. The average molecular weight is 409 g/mol. The van der Waals surface area contributed by atoms with E-state index >= 15 is 0 Å². The van der Waals surface area contributed by atoms with E-state index in [1.54, 1.807) is 48.5 Å². The van der Waals surface area contributed by atoms with E-state index in [2.05, 4.69) is 5.32 Å². The van der Waals surface area contributed by atoms with Crippen molar-refractivity contribution < 1.29 is 17.9 Å². The second kappa shape index (κ2) is 8.84. The van der Waals surface area contributed by atoms with Crippen molar-refractivity contribution in [1.82, 2.24) is 9.62 Å². The molecule has 8 heteroatoms. The van der Waals surface area contributed by atoms with Crippen LogP contribution < -0.4 is 5.32 Å². The number of halogens is 1. The van der Waals surface area contributed by atoms with Gasteiger partial charge in [-0.25, -0.2) is 8.42 Å². The molecule has 0 spiro atoms. The zero-order chi connectivity index (χ0) is 19.3. The number of sulfonamides is 1. The normalized spacial score (nSPS) is 15.4. The molecule has 0 bridgehead atoms. The van der Waals surface area contributed by atoms with Crippen LogP contribution in [0.25, 0.3) is 0 Å². The number of hydrogen-bond acceptors (Lipinski definition) is 4. The van der Waals surface area contributed by atoms with Gasteiger partial charge in [0.15, 0.2) is 0 Å². The average Bonchev–Trinajstić information content (AvgIpc) is 2.69. The molecule has 27 heavy (non-hydrogen) atoms. The first-order chi connectivity index (χ1) is 13.0. The summed E-state index contributed by atoms with van der Waals surface area (Å²) in [6.07, 6.45) is 0.601. The summed E-state index contributed by atoms with van der Waals surface area (Å²) in [5.74, 6) is -0.191. The fourth-order valence-corrected chi connectivity index (χ4v) is 4.41. The van der Waals surface area contributed by atoms with Crippen LogP contribution in [0.1, 0.15) is 15.9 Å². The van der Waals surface area contributed by atoms with Crippen molar-refractivity contribution in [3.63, 3.8) is 0 Å². The van der Waals surface area contributed by atoms with Gasteiger partial charge in [0, 0.05) is 30.2 Å². The number of ether oxygens (including phenoxy) is 1. The summed E-state index contributed by atoms with van der Waals surface area (Å²) in [5, 5.41) is 3.35. The standard InChI is InChI=1S/C19H21ClN2O4S/c20-17-3-1-2-16(14-17)19(23)21-9-8-15-4-6-18(7-5-15)27(24,25)22-10-12-26-13-11-22/h1-7,14H,8-13H2,(H,21,23). The molecular formula is C19H21ClN2O4S. The summed E-state index contributed by atoms with van der Waals surface area (Å²) in [6.45, 7) is 2.04. The van der Waals surface area contributed by atoms with Crippen LogP contribution >= 0.6 is 11.6 Å². The van der Waals surface area contributed by atoms with E-state index in [1.165, 1.54) is 4.31 Å². The van der Waals surface area contributed by atoms with Crippen molar-refractivity contribution in [3.05, 3.63) is 64.7 Å². The third kappa shape index (κ3) is 5.07. The van der Waals surface area contributed by atoms with Gasteiger partial charge in [-0.1, -0.05) is 29.8 Å². The predicted octanol–water partition coefficient (Wildman–Crippen LogP) is 2.33. The van der Waals surface area contributed by atoms with Crippen LogP contribution in [0.15, 0.2) is 53.4 Å². The summed E-state index contributed by atoms with van der Waals surface area (Å²) >= 11 is 5.89. The Bertz CT molecular complexity index is 894. The SMILES string of the molecule is O=C(NCCc1ccc(S(=O)(=O)N2CCOCC2)cc1)c1cccc(Cl)c1. The molecule has 144 valence electrons. The van der Waals surface area contributed by atoms with Gasteiger partial charge in [0.25, 0.3) is 5.91 Å². The first kappa shape index (κ1) is 19.8. The number of morpholine rings is 1. The number of nitrogens with one attached hydrogen (secondary N) is 1. The largest absolute Gasteiger partial charge is 0.379 e. The lowest BCUT2D eigenvalue weighted by molar-refractivity contribution is 0.0730. The topological polar surface area (TPSA) is 75.7 Å². The smallest absolute Gasteiger partial charge is 0.251 e. The summed E-state index contributed by atoms with van der Waals surface area (Å²) in [5.41, 5.74) is 1.46. The molecular weight excluding hydrogens is 388 g/mol. The highest BCUT2D eigenvalue weighted by atomic mass is 35.5. The van der Waals surface area contributed by atoms with Gasteiger partial charge in [-0.2, -0.15) is 4.31 Å². The minimum absolute atomic E-state index is 0.191. The molecule has 1 heterocycles. The maximum atomic E-state index is 12.6. The van der Waals surface area contributed by atoms with Gasteiger partial charge in [0.1, 0.15) is 0 Å². The van der Waals surface area contributed by atoms with Crippen molar-refractivity contribution in [2.75, 3.05) is 32.8 Å². The Morgan fingerprint density at radius 1 is 1.11 bits per heavy atom. The molecule has 0 unspecified atom stereocenters. The molecule has 1 N–H and O–H groups in total. The molecule has 1 aliphatic heterocycles. The highest BCUT2D eigenvalue weighted by Gasteiger charge is 2.25. The Balaban J connectivity index is 1.55. The fourth-order valence-electron chi connectivity index (χ4n) is 2.82. The summed E-state index contributed by atoms with van der Waals surface area (Å²) < 4.78 is 31.8. The van der Waals surface area contributed by atoms with E-state index in [9.17, 15) is 13.2 Å². The van der Waals surface area contributed by atoms with Crippen LogP contribution in [-0.4, -0.2) is 51.5 Å². The Morgan fingerprint density at radius 3 is 2.48 bits per heavy atom. The van der Waals surface area contributed by atoms with Crippen molar-refractivity contribution >= 4 is 27.5 Å². The van der Waals surface area contributed by atoms with E-state index < -0.39 is 10.0 Å². The zero-order valence-corrected chi connectivity index (χ0v) is 16.3. The van der Waals surface area contributed by atoms with Gasteiger partial charge in [0.2, 0.25) is 10.0 Å². The maximum Gasteiger partial charge on any atom is 0.251 e. The molecule has 1 amide bonds. The summed E-state index contributed by atoms with van der Waals surface area (Å²) in [7, 11) is -3.48. The second-order valence-electron chi connectivity index (χ2n) is 6.18. The number of nitrogens with zero attached hydrogens (tertiary/aromatic N) is 1. The molecule has 2 aromatic rings. The lowest BCUT2D eigenvalue weighted by atomic mass is 10.1. The van der Waals surface area contributed by atoms with Gasteiger partial charge in [-0.3, -0.25) is 4.79 Å². The van der Waals surface area contributed by atoms with Gasteiger partial charge in [-0.05, 0) is 42.3 Å². The Kier molecular flexibility index (Phi) is 6.49. The molecule has 6 nitrogen and oxygen atoms in total. The lowest BCUT2D eigenvalue weighted by Crippen LogP contribution is -2.40. The molecule has 3 rings (SSSR count). The van der Waals surface area contributed by atoms with Gasteiger partial charge < -0.3 is 10.1 Å². The first-order valence-corrected chi connectivity index (χ1v) is 10.5. The van der Waals surface area contributed by atoms with Crippen LogP contribution in [0.4, 0.5) is 0 Å². The first-order valence-electron chi connectivity index (χ1n) is 8.67. The van der Waals surface area contributed by atoms with E-state index in [0.29, 0.717) is 49.9 Å². The predicted molar refractivity (Wildman–Crippen MR) is 104 cm³/mol. The van der Waals surface area contributed by atoms with Crippen LogP contribution in [0, 0.1) is 0 Å². The minimum Gasteiger partial charge on any atom is -0.379 e. The highest BCUT2D eigenvalue weighted by Crippen LogP contribution is 2.18. The van der Waals surface area contributed by atoms with E-state index in [-0.39, 0.29) is 10.8 Å². The maximum absolute atomic E-state index is 12.6. The summed E-state index contributed by atoms with van der Waals surface area (Å²) in [6, 6.07) is 13.5. The van der Waals surface area contributed by atoms with Crippen molar-refractivity contribution in [2.24, 2.45) is 0 Å². The van der Waals surface area contributed by atoms with Gasteiger partial charge in [-0.15, -0.1) is 0 Å². The fraction of sp³-hybridized carbons (Fsp3) is 0.316. The number of rotatable bonds is 6. The molecule has 1 fully saturated rings. The third-order valence-corrected chi connectivity index (χ3v) is 6.47. The minimum atomic E-state index is -3.48. The number of amides is 1. The van der Waals surface area contributed by atoms with Crippen LogP contribution in [0.2, 0.25) is 5.02 Å².